The zero-order valence-electron chi connectivity index (χ0n) is 10.2. The summed E-state index contributed by atoms with van der Waals surface area (Å²) < 4.78 is 5.17. The Kier molecular flexibility index (Phi) is 5.90. The van der Waals surface area contributed by atoms with Gasteiger partial charge >= 0.3 is 0 Å². The van der Waals surface area contributed by atoms with E-state index < -0.39 is 0 Å². The Labute approximate surface area is 98.0 Å². The van der Waals surface area contributed by atoms with Gasteiger partial charge in [-0.3, -0.25) is 0 Å². The quantitative estimate of drug-likeness (QED) is 0.693. The Morgan fingerprint density at radius 1 is 1.44 bits per heavy atom. The predicted octanol–water partition coefficient (Wildman–Crippen LogP) is 1.91. The first-order chi connectivity index (χ1) is 7.72. The molecular formula is C13H22N2O. The molecule has 0 saturated carbocycles. The van der Waals surface area contributed by atoms with E-state index in [0.717, 1.165) is 31.7 Å². The SMILES string of the molecule is COc1cccc(CNCCCC(C)N)c1. The first kappa shape index (κ1) is 13.0. The lowest BCUT2D eigenvalue weighted by molar-refractivity contribution is 0.414. The minimum atomic E-state index is 0.304. The minimum absolute atomic E-state index is 0.304. The number of benzene rings is 1. The molecule has 0 aliphatic heterocycles. The van der Waals surface area contributed by atoms with Crippen molar-refractivity contribution in [3.05, 3.63) is 29.8 Å². The summed E-state index contributed by atoms with van der Waals surface area (Å²) in [6.45, 7) is 3.94. The van der Waals surface area contributed by atoms with E-state index in [1.54, 1.807) is 7.11 Å². The second kappa shape index (κ2) is 7.25. The van der Waals surface area contributed by atoms with Crippen molar-refractivity contribution in [2.75, 3.05) is 13.7 Å². The van der Waals surface area contributed by atoms with E-state index in [9.17, 15) is 0 Å². The molecule has 90 valence electrons. The van der Waals surface area contributed by atoms with E-state index in [1.165, 1.54) is 5.56 Å². The zero-order chi connectivity index (χ0) is 11.8. The van der Waals surface area contributed by atoms with Gasteiger partial charge in [-0.25, -0.2) is 0 Å². The van der Waals surface area contributed by atoms with Crippen LogP contribution < -0.4 is 15.8 Å². The summed E-state index contributed by atoms with van der Waals surface area (Å²) in [5.74, 6) is 0.912. The van der Waals surface area contributed by atoms with Crippen LogP contribution in [0.2, 0.25) is 0 Å². The molecule has 0 aliphatic carbocycles. The number of nitrogens with two attached hydrogens (primary N) is 1. The summed E-state index contributed by atoms with van der Waals surface area (Å²) in [4.78, 5) is 0. The van der Waals surface area contributed by atoms with Crippen molar-refractivity contribution in [3.63, 3.8) is 0 Å². The molecular weight excluding hydrogens is 200 g/mol. The van der Waals surface area contributed by atoms with Gasteiger partial charge in [-0.1, -0.05) is 12.1 Å². The molecule has 16 heavy (non-hydrogen) atoms. The molecule has 1 aromatic carbocycles. The van der Waals surface area contributed by atoms with Gasteiger partial charge < -0.3 is 15.8 Å². The van der Waals surface area contributed by atoms with Crippen LogP contribution in [-0.2, 0) is 6.54 Å². The maximum atomic E-state index is 5.68. The van der Waals surface area contributed by atoms with E-state index in [2.05, 4.69) is 17.4 Å². The molecule has 1 atom stereocenters. The third-order valence-electron chi connectivity index (χ3n) is 2.48. The van der Waals surface area contributed by atoms with Gasteiger partial charge in [0, 0.05) is 12.6 Å². The van der Waals surface area contributed by atoms with Crippen molar-refractivity contribution in [2.45, 2.75) is 32.4 Å². The second-order valence-electron chi connectivity index (χ2n) is 4.15. The number of ether oxygens (including phenoxy) is 1. The van der Waals surface area contributed by atoms with E-state index in [0.29, 0.717) is 6.04 Å². The minimum Gasteiger partial charge on any atom is -0.497 e. The molecule has 1 rings (SSSR count). The summed E-state index contributed by atoms with van der Waals surface area (Å²) in [5, 5.41) is 3.40. The zero-order valence-corrected chi connectivity index (χ0v) is 10.2. The van der Waals surface area contributed by atoms with E-state index in [1.807, 2.05) is 19.1 Å². The van der Waals surface area contributed by atoms with Crippen molar-refractivity contribution < 1.29 is 4.74 Å². The monoisotopic (exact) mass is 222 g/mol. The van der Waals surface area contributed by atoms with Crippen LogP contribution in [0.3, 0.4) is 0 Å². The fourth-order valence-electron chi connectivity index (χ4n) is 1.56. The fourth-order valence-corrected chi connectivity index (χ4v) is 1.56. The van der Waals surface area contributed by atoms with Crippen molar-refractivity contribution in [1.29, 1.82) is 0 Å². The van der Waals surface area contributed by atoms with Gasteiger partial charge in [-0.05, 0) is 44.0 Å². The Hall–Kier alpha value is -1.06. The normalized spacial score (nSPS) is 12.4. The predicted molar refractivity (Wildman–Crippen MR) is 67.6 cm³/mol. The van der Waals surface area contributed by atoms with E-state index >= 15 is 0 Å². The molecule has 0 amide bonds. The number of rotatable bonds is 7. The summed E-state index contributed by atoms with van der Waals surface area (Å²) in [5.41, 5.74) is 6.93. The number of hydrogen-bond acceptors (Lipinski definition) is 3. The first-order valence-corrected chi connectivity index (χ1v) is 5.81. The molecule has 0 fully saturated rings. The molecule has 0 saturated heterocycles. The Balaban J connectivity index is 2.21. The maximum absolute atomic E-state index is 5.68. The molecule has 0 aliphatic rings. The van der Waals surface area contributed by atoms with Crippen LogP contribution >= 0.6 is 0 Å². The largest absolute Gasteiger partial charge is 0.497 e. The molecule has 0 heterocycles. The summed E-state index contributed by atoms with van der Waals surface area (Å²) in [6.07, 6.45) is 2.20. The lowest BCUT2D eigenvalue weighted by atomic mass is 10.2. The molecule has 0 aromatic heterocycles. The van der Waals surface area contributed by atoms with Crippen LogP contribution in [0.25, 0.3) is 0 Å². The van der Waals surface area contributed by atoms with Crippen LogP contribution in [0.15, 0.2) is 24.3 Å². The fraction of sp³-hybridized carbons (Fsp3) is 0.538. The van der Waals surface area contributed by atoms with Crippen molar-refractivity contribution in [2.24, 2.45) is 5.73 Å². The third kappa shape index (κ3) is 5.14. The molecule has 1 unspecified atom stereocenters. The summed E-state index contributed by atoms with van der Waals surface area (Å²) in [7, 11) is 1.69. The van der Waals surface area contributed by atoms with Gasteiger partial charge in [0.05, 0.1) is 7.11 Å². The highest BCUT2D eigenvalue weighted by atomic mass is 16.5. The average molecular weight is 222 g/mol. The molecule has 0 spiro atoms. The standard InChI is InChI=1S/C13H22N2O/c1-11(14)5-4-8-15-10-12-6-3-7-13(9-12)16-2/h3,6-7,9,11,15H,4-5,8,10,14H2,1-2H3. The molecule has 3 heteroatoms. The lowest BCUT2D eigenvalue weighted by Crippen LogP contribution is -2.19. The van der Waals surface area contributed by atoms with E-state index in [-0.39, 0.29) is 0 Å². The van der Waals surface area contributed by atoms with Gasteiger partial charge in [0.25, 0.3) is 0 Å². The summed E-state index contributed by atoms with van der Waals surface area (Å²) >= 11 is 0. The number of hydrogen-bond donors (Lipinski definition) is 2. The van der Waals surface area contributed by atoms with Gasteiger partial charge in [-0.2, -0.15) is 0 Å². The van der Waals surface area contributed by atoms with Crippen LogP contribution in [0.1, 0.15) is 25.3 Å². The Morgan fingerprint density at radius 2 is 2.25 bits per heavy atom. The van der Waals surface area contributed by atoms with Crippen molar-refractivity contribution in [1.82, 2.24) is 5.32 Å². The molecule has 3 N–H and O–H groups in total. The summed E-state index contributed by atoms with van der Waals surface area (Å²) in [6, 6.07) is 8.43. The Morgan fingerprint density at radius 3 is 2.94 bits per heavy atom. The van der Waals surface area contributed by atoms with Gasteiger partial charge in [-0.15, -0.1) is 0 Å². The Bertz CT molecular complexity index is 300. The van der Waals surface area contributed by atoms with Gasteiger partial charge in [0.2, 0.25) is 0 Å². The highest BCUT2D eigenvalue weighted by Crippen LogP contribution is 2.12. The van der Waals surface area contributed by atoms with E-state index in [4.69, 9.17) is 10.5 Å². The number of nitrogens with one attached hydrogen (secondary N) is 1. The maximum Gasteiger partial charge on any atom is 0.119 e. The molecule has 1 aromatic rings. The van der Waals surface area contributed by atoms with Gasteiger partial charge in [0.15, 0.2) is 0 Å². The van der Waals surface area contributed by atoms with Crippen molar-refractivity contribution in [3.8, 4) is 5.75 Å². The highest BCUT2D eigenvalue weighted by Gasteiger charge is 1.96. The number of methoxy groups -OCH3 is 1. The average Bonchev–Trinajstić information content (AvgIpc) is 2.28. The third-order valence-corrected chi connectivity index (χ3v) is 2.48. The molecule has 0 radical (unpaired) electrons. The highest BCUT2D eigenvalue weighted by molar-refractivity contribution is 5.28. The second-order valence-corrected chi connectivity index (χ2v) is 4.15. The molecule has 0 bridgehead atoms. The van der Waals surface area contributed by atoms with Crippen LogP contribution in [0.5, 0.6) is 5.75 Å². The lowest BCUT2D eigenvalue weighted by Gasteiger charge is -2.07. The van der Waals surface area contributed by atoms with Crippen LogP contribution in [-0.4, -0.2) is 19.7 Å². The molecule has 3 nitrogen and oxygen atoms in total. The van der Waals surface area contributed by atoms with Gasteiger partial charge in [0.1, 0.15) is 5.75 Å². The van der Waals surface area contributed by atoms with Crippen molar-refractivity contribution >= 4 is 0 Å². The smallest absolute Gasteiger partial charge is 0.119 e. The van der Waals surface area contributed by atoms with Crippen LogP contribution in [0.4, 0.5) is 0 Å². The topological polar surface area (TPSA) is 47.3 Å². The van der Waals surface area contributed by atoms with Crippen LogP contribution in [0, 0.1) is 0 Å². The first-order valence-electron chi connectivity index (χ1n) is 5.81.